The van der Waals surface area contributed by atoms with Gasteiger partial charge in [-0.25, -0.2) is 4.98 Å². The highest BCUT2D eigenvalue weighted by Crippen LogP contribution is 2.34. The molecule has 0 saturated carbocycles. The van der Waals surface area contributed by atoms with Crippen molar-refractivity contribution in [1.29, 1.82) is 0 Å². The summed E-state index contributed by atoms with van der Waals surface area (Å²) in [4.78, 5) is 31.5. The van der Waals surface area contributed by atoms with E-state index in [-0.39, 0.29) is 24.2 Å². The second-order valence-electron chi connectivity index (χ2n) is 7.82. The van der Waals surface area contributed by atoms with Crippen LogP contribution in [0.5, 0.6) is 11.5 Å². The lowest BCUT2D eigenvalue weighted by atomic mass is 10.1. The summed E-state index contributed by atoms with van der Waals surface area (Å²) >= 11 is 0. The van der Waals surface area contributed by atoms with Crippen molar-refractivity contribution in [3.05, 3.63) is 42.3 Å². The molecule has 1 aliphatic heterocycles. The molecule has 0 radical (unpaired) electrons. The molecule has 2 heterocycles. The molecule has 0 spiro atoms. The number of oxazole rings is 1. The predicted molar refractivity (Wildman–Crippen MR) is 117 cm³/mol. The van der Waals surface area contributed by atoms with Crippen LogP contribution in [-0.2, 0) is 9.59 Å². The number of aromatic nitrogens is 1. The fourth-order valence-electron chi connectivity index (χ4n) is 3.64. The van der Waals surface area contributed by atoms with Gasteiger partial charge >= 0.3 is 0 Å². The van der Waals surface area contributed by atoms with Crippen LogP contribution in [0, 0.1) is 5.92 Å². The standard InChI is InChI=1S/C23H25N3O5/c1-13(2)23-25-17-10-15(5-7-18(17)31-23)24-22(28)14-9-21(27)26(12-14)16-6-8-19(29-3)20(11-16)30-4/h5-8,10-11,13-14H,9,12H2,1-4H3,(H,24,28). The van der Waals surface area contributed by atoms with E-state index < -0.39 is 5.92 Å². The van der Waals surface area contributed by atoms with E-state index in [0.717, 1.165) is 0 Å². The fraction of sp³-hybridized carbons (Fsp3) is 0.348. The van der Waals surface area contributed by atoms with Crippen molar-refractivity contribution in [1.82, 2.24) is 4.98 Å². The Morgan fingerprint density at radius 2 is 1.94 bits per heavy atom. The fourth-order valence-corrected chi connectivity index (χ4v) is 3.64. The quantitative estimate of drug-likeness (QED) is 0.645. The topological polar surface area (TPSA) is 93.9 Å². The van der Waals surface area contributed by atoms with Gasteiger partial charge in [-0.3, -0.25) is 9.59 Å². The molecule has 8 nitrogen and oxygen atoms in total. The zero-order valence-electron chi connectivity index (χ0n) is 18.0. The predicted octanol–water partition coefficient (Wildman–Crippen LogP) is 3.96. The molecule has 31 heavy (non-hydrogen) atoms. The van der Waals surface area contributed by atoms with E-state index in [9.17, 15) is 9.59 Å². The van der Waals surface area contributed by atoms with E-state index in [1.807, 2.05) is 13.8 Å². The Labute approximate surface area is 180 Å². The normalized spacial score (nSPS) is 16.2. The Kier molecular flexibility index (Phi) is 5.54. The number of amides is 2. The maximum atomic E-state index is 12.8. The number of carbonyl (C=O) groups excluding carboxylic acids is 2. The summed E-state index contributed by atoms with van der Waals surface area (Å²) < 4.78 is 16.3. The molecule has 162 valence electrons. The smallest absolute Gasteiger partial charge is 0.229 e. The van der Waals surface area contributed by atoms with Gasteiger partial charge in [0, 0.05) is 36.3 Å². The van der Waals surface area contributed by atoms with Crippen molar-refractivity contribution in [2.45, 2.75) is 26.2 Å². The first kappa shape index (κ1) is 20.7. The van der Waals surface area contributed by atoms with Crippen LogP contribution >= 0.6 is 0 Å². The van der Waals surface area contributed by atoms with Crippen LogP contribution in [0.25, 0.3) is 11.1 Å². The van der Waals surface area contributed by atoms with Gasteiger partial charge in [-0.2, -0.15) is 0 Å². The van der Waals surface area contributed by atoms with Gasteiger partial charge in [0.2, 0.25) is 11.8 Å². The number of fused-ring (bicyclic) bond motifs is 1. The number of benzene rings is 2. The Morgan fingerprint density at radius 1 is 1.16 bits per heavy atom. The molecule has 1 unspecified atom stereocenters. The third-order valence-electron chi connectivity index (χ3n) is 5.34. The maximum Gasteiger partial charge on any atom is 0.229 e. The Bertz CT molecular complexity index is 1140. The first-order valence-corrected chi connectivity index (χ1v) is 10.1. The molecular formula is C23H25N3O5. The number of ether oxygens (including phenoxy) is 2. The number of rotatable bonds is 6. The van der Waals surface area contributed by atoms with Gasteiger partial charge in [0.05, 0.1) is 20.1 Å². The van der Waals surface area contributed by atoms with Gasteiger partial charge in [0.15, 0.2) is 23.0 Å². The monoisotopic (exact) mass is 423 g/mol. The summed E-state index contributed by atoms with van der Waals surface area (Å²) in [7, 11) is 3.10. The molecule has 1 saturated heterocycles. The lowest BCUT2D eigenvalue weighted by molar-refractivity contribution is -0.122. The van der Waals surface area contributed by atoms with Crippen molar-refractivity contribution in [3.63, 3.8) is 0 Å². The molecule has 1 aliphatic rings. The molecule has 1 aromatic heterocycles. The number of hydrogen-bond acceptors (Lipinski definition) is 6. The summed E-state index contributed by atoms with van der Waals surface area (Å²) in [6.07, 6.45) is 0.143. The third kappa shape index (κ3) is 4.05. The molecule has 2 aromatic carbocycles. The highest BCUT2D eigenvalue weighted by atomic mass is 16.5. The number of nitrogens with one attached hydrogen (secondary N) is 1. The van der Waals surface area contributed by atoms with Crippen molar-refractivity contribution < 1.29 is 23.5 Å². The van der Waals surface area contributed by atoms with E-state index in [1.54, 1.807) is 55.5 Å². The van der Waals surface area contributed by atoms with E-state index >= 15 is 0 Å². The van der Waals surface area contributed by atoms with Crippen LogP contribution in [0.3, 0.4) is 0 Å². The van der Waals surface area contributed by atoms with E-state index in [1.165, 1.54) is 0 Å². The minimum Gasteiger partial charge on any atom is -0.493 e. The summed E-state index contributed by atoms with van der Waals surface area (Å²) in [6.45, 7) is 4.31. The average Bonchev–Trinajstić information content (AvgIpc) is 3.36. The van der Waals surface area contributed by atoms with Crippen LogP contribution in [0.4, 0.5) is 11.4 Å². The van der Waals surface area contributed by atoms with Crippen LogP contribution < -0.4 is 19.7 Å². The highest BCUT2D eigenvalue weighted by Gasteiger charge is 2.35. The van der Waals surface area contributed by atoms with Gasteiger partial charge in [-0.05, 0) is 30.3 Å². The van der Waals surface area contributed by atoms with Crippen LogP contribution in [0.1, 0.15) is 32.1 Å². The molecule has 8 heteroatoms. The molecule has 4 rings (SSSR count). The second-order valence-corrected chi connectivity index (χ2v) is 7.82. The Hall–Kier alpha value is -3.55. The van der Waals surface area contributed by atoms with Crippen molar-refractivity contribution in [3.8, 4) is 11.5 Å². The van der Waals surface area contributed by atoms with Gasteiger partial charge in [-0.15, -0.1) is 0 Å². The zero-order valence-corrected chi connectivity index (χ0v) is 18.0. The summed E-state index contributed by atoms with van der Waals surface area (Å²) in [5.41, 5.74) is 2.66. The van der Waals surface area contributed by atoms with E-state index in [2.05, 4.69) is 10.3 Å². The molecule has 1 fully saturated rings. The number of methoxy groups -OCH3 is 2. The van der Waals surface area contributed by atoms with Gasteiger partial charge in [-0.1, -0.05) is 13.8 Å². The molecule has 1 atom stereocenters. The van der Waals surface area contributed by atoms with Gasteiger partial charge in [0.1, 0.15) is 5.52 Å². The maximum absolute atomic E-state index is 12.8. The van der Waals surface area contributed by atoms with Crippen molar-refractivity contribution in [2.75, 3.05) is 31.0 Å². The van der Waals surface area contributed by atoms with Gasteiger partial charge < -0.3 is 24.1 Å². The van der Waals surface area contributed by atoms with Crippen molar-refractivity contribution >= 4 is 34.3 Å². The summed E-state index contributed by atoms with van der Waals surface area (Å²) in [5, 5.41) is 2.90. The largest absolute Gasteiger partial charge is 0.493 e. The molecule has 2 amide bonds. The first-order valence-electron chi connectivity index (χ1n) is 10.1. The lowest BCUT2D eigenvalue weighted by Crippen LogP contribution is -2.28. The Balaban J connectivity index is 1.48. The van der Waals surface area contributed by atoms with E-state index in [0.29, 0.717) is 46.4 Å². The summed E-state index contributed by atoms with van der Waals surface area (Å²) in [6, 6.07) is 10.6. The van der Waals surface area contributed by atoms with Crippen LogP contribution in [0.15, 0.2) is 40.8 Å². The molecule has 3 aromatic rings. The molecular weight excluding hydrogens is 398 g/mol. The minimum absolute atomic E-state index is 0.110. The first-order chi connectivity index (χ1) is 14.9. The van der Waals surface area contributed by atoms with E-state index in [4.69, 9.17) is 13.9 Å². The van der Waals surface area contributed by atoms with Gasteiger partial charge in [0.25, 0.3) is 0 Å². The SMILES string of the molecule is COc1ccc(N2CC(C(=O)Nc3ccc4oc(C(C)C)nc4c3)CC2=O)cc1OC. The molecule has 0 aliphatic carbocycles. The number of anilines is 2. The van der Waals surface area contributed by atoms with Crippen LogP contribution in [0.2, 0.25) is 0 Å². The van der Waals surface area contributed by atoms with Crippen molar-refractivity contribution in [2.24, 2.45) is 5.92 Å². The Morgan fingerprint density at radius 3 is 2.65 bits per heavy atom. The summed E-state index contributed by atoms with van der Waals surface area (Å²) in [5.74, 6) is 1.17. The number of carbonyl (C=O) groups is 2. The minimum atomic E-state index is -0.458. The average molecular weight is 423 g/mol. The number of hydrogen-bond donors (Lipinski definition) is 1. The zero-order chi connectivity index (χ0) is 22.1. The second kappa shape index (κ2) is 8.29. The lowest BCUT2D eigenvalue weighted by Gasteiger charge is -2.18. The number of nitrogens with zero attached hydrogens (tertiary/aromatic N) is 2. The molecule has 1 N–H and O–H groups in total. The third-order valence-corrected chi connectivity index (χ3v) is 5.34. The highest BCUT2D eigenvalue weighted by molar-refractivity contribution is 6.04. The van der Waals surface area contributed by atoms with Crippen LogP contribution in [-0.4, -0.2) is 37.6 Å². The molecule has 0 bridgehead atoms.